The van der Waals surface area contributed by atoms with Crippen LogP contribution in [0.4, 0.5) is 0 Å². The maximum atomic E-state index is 12.0. The van der Waals surface area contributed by atoms with Crippen LogP contribution in [-0.2, 0) is 24.7 Å². The quantitative estimate of drug-likeness (QED) is 0.568. The van der Waals surface area contributed by atoms with Gasteiger partial charge >= 0.3 is 0 Å². The van der Waals surface area contributed by atoms with Crippen LogP contribution in [0, 0.1) is 0 Å². The fourth-order valence-corrected chi connectivity index (χ4v) is 2.48. The highest BCUT2D eigenvalue weighted by Gasteiger charge is 2.09. The van der Waals surface area contributed by atoms with Crippen LogP contribution in [0.15, 0.2) is 6.07 Å². The van der Waals surface area contributed by atoms with E-state index in [2.05, 4.69) is 25.0 Å². The van der Waals surface area contributed by atoms with Crippen molar-refractivity contribution in [2.45, 2.75) is 78.1 Å². The molecule has 0 unspecified atom stereocenters. The van der Waals surface area contributed by atoms with Gasteiger partial charge in [-0.2, -0.15) is 5.10 Å². The number of unbranched alkanes of at least 4 members (excludes halogenated alkanes) is 6. The number of ketones is 1. The molecule has 20 heavy (non-hydrogen) atoms. The van der Waals surface area contributed by atoms with Gasteiger partial charge in [-0.25, -0.2) is 0 Å². The van der Waals surface area contributed by atoms with Crippen LogP contribution < -0.4 is 0 Å². The second-order valence-electron chi connectivity index (χ2n) is 5.69. The van der Waals surface area contributed by atoms with E-state index >= 15 is 0 Å². The lowest BCUT2D eigenvalue weighted by atomic mass is 10.0. The van der Waals surface area contributed by atoms with Gasteiger partial charge < -0.3 is 0 Å². The molecule has 0 amide bonds. The molecule has 0 radical (unpaired) electrons. The number of carbonyl (C=O) groups is 1. The van der Waals surface area contributed by atoms with Crippen LogP contribution >= 0.6 is 0 Å². The van der Waals surface area contributed by atoms with Gasteiger partial charge in [-0.15, -0.1) is 0 Å². The monoisotopic (exact) mass is 278 g/mol. The minimum absolute atomic E-state index is 0.351. The van der Waals surface area contributed by atoms with Gasteiger partial charge in [0.2, 0.25) is 0 Å². The Morgan fingerprint density at radius 3 is 2.35 bits per heavy atom. The van der Waals surface area contributed by atoms with Gasteiger partial charge in [0.25, 0.3) is 0 Å². The molecule has 1 heterocycles. The fraction of sp³-hybridized carbons (Fsp3) is 0.765. The molecule has 1 aromatic heterocycles. The second-order valence-corrected chi connectivity index (χ2v) is 5.69. The van der Waals surface area contributed by atoms with Crippen LogP contribution in [-0.4, -0.2) is 15.6 Å². The maximum Gasteiger partial charge on any atom is 0.138 e. The summed E-state index contributed by atoms with van der Waals surface area (Å²) in [6, 6.07) is 2.06. The molecule has 1 aromatic rings. The summed E-state index contributed by atoms with van der Waals surface area (Å²) in [5.74, 6) is 0.351. The highest BCUT2D eigenvalue weighted by molar-refractivity contribution is 5.80. The van der Waals surface area contributed by atoms with E-state index in [1.807, 2.05) is 11.7 Å². The van der Waals surface area contributed by atoms with Gasteiger partial charge in [-0.3, -0.25) is 9.48 Å². The third-order valence-corrected chi connectivity index (χ3v) is 3.83. The van der Waals surface area contributed by atoms with Gasteiger partial charge in [0, 0.05) is 25.6 Å². The van der Waals surface area contributed by atoms with Crippen molar-refractivity contribution in [3.63, 3.8) is 0 Å². The zero-order valence-electron chi connectivity index (χ0n) is 13.5. The van der Waals surface area contributed by atoms with Crippen LogP contribution in [0.25, 0.3) is 0 Å². The van der Waals surface area contributed by atoms with E-state index in [1.54, 1.807) is 0 Å². The smallest absolute Gasteiger partial charge is 0.138 e. The van der Waals surface area contributed by atoms with Gasteiger partial charge in [0.05, 0.1) is 5.69 Å². The molecular weight excluding hydrogens is 248 g/mol. The zero-order valence-corrected chi connectivity index (χ0v) is 13.5. The number of Topliss-reactive ketones (excluding diaryl/α,β-unsaturated/α-hetero) is 1. The normalized spacial score (nSPS) is 10.9. The highest BCUT2D eigenvalue weighted by atomic mass is 16.1. The maximum absolute atomic E-state index is 12.0. The van der Waals surface area contributed by atoms with Gasteiger partial charge in [-0.05, 0) is 18.9 Å². The molecule has 0 aliphatic heterocycles. The summed E-state index contributed by atoms with van der Waals surface area (Å²) in [5.41, 5.74) is 2.13. The van der Waals surface area contributed by atoms with E-state index in [9.17, 15) is 4.79 Å². The largest absolute Gasteiger partial charge is 0.299 e. The Balaban J connectivity index is 2.15. The zero-order chi connectivity index (χ0) is 14.8. The van der Waals surface area contributed by atoms with Crippen molar-refractivity contribution < 1.29 is 4.79 Å². The Kier molecular flexibility index (Phi) is 8.24. The minimum atomic E-state index is 0.351. The fourth-order valence-electron chi connectivity index (χ4n) is 2.48. The topological polar surface area (TPSA) is 34.9 Å². The molecule has 0 saturated heterocycles. The SMILES string of the molecule is CCCCCCCCCC(=O)Cc1cc(CC)nn1C. The van der Waals surface area contributed by atoms with Crippen molar-refractivity contribution in [2.75, 3.05) is 0 Å². The summed E-state index contributed by atoms with van der Waals surface area (Å²) in [6.45, 7) is 4.33. The summed E-state index contributed by atoms with van der Waals surface area (Å²) in [4.78, 5) is 12.0. The average molecular weight is 278 g/mol. The summed E-state index contributed by atoms with van der Waals surface area (Å²) >= 11 is 0. The van der Waals surface area contributed by atoms with Crippen LogP contribution in [0.1, 0.15) is 76.6 Å². The first-order valence-corrected chi connectivity index (χ1v) is 8.20. The Bertz CT molecular complexity index is 396. The molecule has 0 aliphatic rings. The Morgan fingerprint density at radius 1 is 1.10 bits per heavy atom. The van der Waals surface area contributed by atoms with E-state index < -0.39 is 0 Å². The minimum Gasteiger partial charge on any atom is -0.299 e. The molecule has 114 valence electrons. The van der Waals surface area contributed by atoms with Crippen molar-refractivity contribution >= 4 is 5.78 Å². The van der Waals surface area contributed by atoms with Crippen LogP contribution in [0.5, 0.6) is 0 Å². The molecule has 0 fully saturated rings. The van der Waals surface area contributed by atoms with E-state index in [0.717, 1.165) is 30.7 Å². The number of nitrogens with zero attached hydrogens (tertiary/aromatic N) is 2. The lowest BCUT2D eigenvalue weighted by molar-refractivity contribution is -0.118. The van der Waals surface area contributed by atoms with E-state index in [4.69, 9.17) is 0 Å². The molecule has 1 rings (SSSR count). The van der Waals surface area contributed by atoms with Crippen molar-refractivity contribution in [3.8, 4) is 0 Å². The molecule has 0 N–H and O–H groups in total. The molecule has 0 bridgehead atoms. The third kappa shape index (κ3) is 6.36. The molecule has 0 spiro atoms. The predicted molar refractivity (Wildman–Crippen MR) is 83.9 cm³/mol. The molecular formula is C17H30N2O. The third-order valence-electron chi connectivity index (χ3n) is 3.83. The number of carbonyl (C=O) groups excluding carboxylic acids is 1. The second kappa shape index (κ2) is 9.73. The molecule has 0 aromatic carbocycles. The van der Waals surface area contributed by atoms with Crippen molar-refractivity contribution in [2.24, 2.45) is 7.05 Å². The first-order valence-electron chi connectivity index (χ1n) is 8.20. The van der Waals surface area contributed by atoms with Gasteiger partial charge in [-0.1, -0.05) is 52.4 Å². The molecule has 0 saturated carbocycles. The summed E-state index contributed by atoms with van der Waals surface area (Å²) in [5, 5.41) is 4.38. The van der Waals surface area contributed by atoms with Crippen molar-refractivity contribution in [1.82, 2.24) is 9.78 Å². The average Bonchev–Trinajstić information content (AvgIpc) is 2.78. The first-order chi connectivity index (χ1) is 9.67. The van der Waals surface area contributed by atoms with Crippen LogP contribution in [0.2, 0.25) is 0 Å². The molecule has 0 aliphatic carbocycles. The number of rotatable bonds is 11. The Morgan fingerprint density at radius 2 is 1.75 bits per heavy atom. The number of aromatic nitrogens is 2. The molecule has 0 atom stereocenters. The predicted octanol–water partition coefficient (Wildman–Crippen LogP) is 4.23. The molecule has 3 heteroatoms. The lowest BCUT2D eigenvalue weighted by Crippen LogP contribution is -2.07. The summed E-state index contributed by atoms with van der Waals surface area (Å²) in [7, 11) is 1.93. The highest BCUT2D eigenvalue weighted by Crippen LogP contribution is 2.11. The van der Waals surface area contributed by atoms with E-state index in [0.29, 0.717) is 12.2 Å². The Hall–Kier alpha value is -1.12. The van der Waals surface area contributed by atoms with Crippen molar-refractivity contribution in [3.05, 3.63) is 17.5 Å². The number of aryl methyl sites for hydroxylation is 2. The van der Waals surface area contributed by atoms with Gasteiger partial charge in [0.15, 0.2) is 0 Å². The van der Waals surface area contributed by atoms with Crippen LogP contribution in [0.3, 0.4) is 0 Å². The lowest BCUT2D eigenvalue weighted by Gasteiger charge is -2.02. The Labute approximate surface area is 123 Å². The van der Waals surface area contributed by atoms with E-state index in [1.165, 1.54) is 38.5 Å². The van der Waals surface area contributed by atoms with E-state index in [-0.39, 0.29) is 0 Å². The first kappa shape index (κ1) is 16.9. The number of hydrogen-bond acceptors (Lipinski definition) is 2. The van der Waals surface area contributed by atoms with Crippen molar-refractivity contribution in [1.29, 1.82) is 0 Å². The number of hydrogen-bond donors (Lipinski definition) is 0. The van der Waals surface area contributed by atoms with Gasteiger partial charge in [0.1, 0.15) is 5.78 Å². The standard InChI is InChI=1S/C17H30N2O/c1-4-6-7-8-9-10-11-12-17(20)14-16-13-15(5-2)18-19(16)3/h13H,4-12,14H2,1-3H3. The molecule has 3 nitrogen and oxygen atoms in total. The summed E-state index contributed by atoms with van der Waals surface area (Å²) in [6.07, 6.45) is 11.0. The summed E-state index contributed by atoms with van der Waals surface area (Å²) < 4.78 is 1.85.